The maximum absolute atomic E-state index is 9.47. The van der Waals surface area contributed by atoms with Crippen molar-refractivity contribution in [1.82, 2.24) is 0 Å². The van der Waals surface area contributed by atoms with Gasteiger partial charge in [0.05, 0.1) is 19.8 Å². The van der Waals surface area contributed by atoms with Gasteiger partial charge in [-0.3, -0.25) is 0 Å². The van der Waals surface area contributed by atoms with Gasteiger partial charge in [0.2, 0.25) is 0 Å². The van der Waals surface area contributed by atoms with Crippen LogP contribution in [0.25, 0.3) is 0 Å². The van der Waals surface area contributed by atoms with Crippen LogP contribution >= 0.6 is 0 Å². The second kappa shape index (κ2) is 6.29. The van der Waals surface area contributed by atoms with Gasteiger partial charge >= 0.3 is 0 Å². The SMILES string of the molecule is CO[C@H]1CC[C@](CO)(COCc2ccccc2)O1. The molecule has 1 aromatic carbocycles. The molecule has 1 aromatic rings. The smallest absolute Gasteiger partial charge is 0.158 e. The zero-order valence-electron chi connectivity index (χ0n) is 10.7. The van der Waals surface area contributed by atoms with Crippen LogP contribution in [0.3, 0.4) is 0 Å². The molecule has 1 N–H and O–H groups in total. The van der Waals surface area contributed by atoms with Crippen molar-refractivity contribution in [2.45, 2.75) is 31.3 Å². The molecular formula is C14H20O4. The van der Waals surface area contributed by atoms with Gasteiger partial charge in [0.25, 0.3) is 0 Å². The van der Waals surface area contributed by atoms with Crippen LogP contribution in [0.4, 0.5) is 0 Å². The Morgan fingerprint density at radius 3 is 2.78 bits per heavy atom. The van der Waals surface area contributed by atoms with E-state index in [2.05, 4.69) is 0 Å². The number of methoxy groups -OCH3 is 1. The maximum Gasteiger partial charge on any atom is 0.158 e. The van der Waals surface area contributed by atoms with Crippen molar-refractivity contribution in [1.29, 1.82) is 0 Å². The minimum absolute atomic E-state index is 0.0400. The Balaban J connectivity index is 1.81. The zero-order chi connectivity index (χ0) is 12.8. The van der Waals surface area contributed by atoms with Crippen molar-refractivity contribution < 1.29 is 19.3 Å². The lowest BCUT2D eigenvalue weighted by molar-refractivity contribution is -0.186. The molecule has 2 atom stereocenters. The Kier molecular flexibility index (Phi) is 4.72. The van der Waals surface area contributed by atoms with Gasteiger partial charge in [-0.2, -0.15) is 0 Å². The molecule has 0 saturated carbocycles. The van der Waals surface area contributed by atoms with Gasteiger partial charge in [-0.25, -0.2) is 0 Å². The number of hydrogen-bond donors (Lipinski definition) is 1. The molecule has 18 heavy (non-hydrogen) atoms. The molecule has 1 fully saturated rings. The molecule has 2 rings (SSSR count). The lowest BCUT2D eigenvalue weighted by Gasteiger charge is -2.26. The topological polar surface area (TPSA) is 47.9 Å². The van der Waals surface area contributed by atoms with Gasteiger partial charge in [0, 0.05) is 13.5 Å². The molecule has 0 aromatic heterocycles. The number of benzene rings is 1. The number of ether oxygens (including phenoxy) is 3. The van der Waals surface area contributed by atoms with E-state index in [1.807, 2.05) is 30.3 Å². The van der Waals surface area contributed by atoms with Gasteiger partial charge in [-0.15, -0.1) is 0 Å². The van der Waals surface area contributed by atoms with Crippen molar-refractivity contribution in [3.63, 3.8) is 0 Å². The molecule has 1 saturated heterocycles. The highest BCUT2D eigenvalue weighted by Crippen LogP contribution is 2.30. The van der Waals surface area contributed by atoms with E-state index in [0.29, 0.717) is 13.2 Å². The minimum atomic E-state index is -0.602. The summed E-state index contributed by atoms with van der Waals surface area (Å²) in [6.45, 7) is 0.878. The fraction of sp³-hybridized carbons (Fsp3) is 0.571. The maximum atomic E-state index is 9.47. The van der Waals surface area contributed by atoms with Gasteiger partial charge in [0.1, 0.15) is 5.60 Å². The molecule has 0 unspecified atom stereocenters. The van der Waals surface area contributed by atoms with E-state index < -0.39 is 5.60 Å². The lowest BCUT2D eigenvalue weighted by atomic mass is 10.0. The summed E-state index contributed by atoms with van der Waals surface area (Å²) in [5, 5.41) is 9.47. The van der Waals surface area contributed by atoms with Crippen molar-refractivity contribution in [3.8, 4) is 0 Å². The molecule has 1 aliphatic heterocycles. The van der Waals surface area contributed by atoms with Crippen molar-refractivity contribution in [3.05, 3.63) is 35.9 Å². The average Bonchev–Trinajstić information content (AvgIpc) is 2.84. The summed E-state index contributed by atoms with van der Waals surface area (Å²) in [5.74, 6) is 0. The first-order valence-corrected chi connectivity index (χ1v) is 6.21. The fourth-order valence-corrected chi connectivity index (χ4v) is 2.14. The van der Waals surface area contributed by atoms with Crippen LogP contribution < -0.4 is 0 Å². The van der Waals surface area contributed by atoms with Gasteiger partial charge in [0.15, 0.2) is 6.29 Å². The van der Waals surface area contributed by atoms with E-state index in [9.17, 15) is 5.11 Å². The summed E-state index contributed by atoms with van der Waals surface area (Å²) in [7, 11) is 1.61. The first kappa shape index (κ1) is 13.5. The summed E-state index contributed by atoms with van der Waals surface area (Å²) >= 11 is 0. The lowest BCUT2D eigenvalue weighted by Crippen LogP contribution is -2.39. The van der Waals surface area contributed by atoms with E-state index in [1.54, 1.807) is 7.11 Å². The van der Waals surface area contributed by atoms with E-state index in [0.717, 1.165) is 18.4 Å². The Hall–Kier alpha value is -0.940. The van der Waals surface area contributed by atoms with Crippen molar-refractivity contribution in [2.75, 3.05) is 20.3 Å². The molecule has 100 valence electrons. The Labute approximate surface area is 107 Å². The van der Waals surface area contributed by atoms with Crippen molar-refractivity contribution >= 4 is 0 Å². The quantitative estimate of drug-likeness (QED) is 0.837. The monoisotopic (exact) mass is 252 g/mol. The summed E-state index contributed by atoms with van der Waals surface area (Å²) < 4.78 is 16.5. The van der Waals surface area contributed by atoms with Crippen LogP contribution in [0.1, 0.15) is 18.4 Å². The molecule has 1 heterocycles. The third-order valence-corrected chi connectivity index (χ3v) is 3.24. The van der Waals surface area contributed by atoms with Crippen molar-refractivity contribution in [2.24, 2.45) is 0 Å². The number of hydrogen-bond acceptors (Lipinski definition) is 4. The first-order chi connectivity index (χ1) is 8.78. The normalized spacial score (nSPS) is 27.6. The van der Waals surface area contributed by atoms with Crippen LogP contribution in [0.5, 0.6) is 0 Å². The number of aliphatic hydroxyl groups is 1. The second-order valence-electron chi connectivity index (χ2n) is 4.64. The highest BCUT2D eigenvalue weighted by molar-refractivity contribution is 5.13. The van der Waals surface area contributed by atoms with Crippen LogP contribution in [0.15, 0.2) is 30.3 Å². The molecule has 4 heteroatoms. The minimum Gasteiger partial charge on any atom is -0.393 e. The fourth-order valence-electron chi connectivity index (χ4n) is 2.14. The predicted molar refractivity (Wildman–Crippen MR) is 67.0 cm³/mol. The molecule has 0 bridgehead atoms. The van der Waals surface area contributed by atoms with E-state index in [4.69, 9.17) is 14.2 Å². The molecule has 0 aliphatic carbocycles. The Morgan fingerprint density at radius 1 is 1.39 bits per heavy atom. The third-order valence-electron chi connectivity index (χ3n) is 3.24. The predicted octanol–water partition coefficient (Wildman–Crippen LogP) is 1.72. The summed E-state index contributed by atoms with van der Waals surface area (Å²) in [4.78, 5) is 0. The van der Waals surface area contributed by atoms with E-state index in [1.165, 1.54) is 0 Å². The van der Waals surface area contributed by atoms with E-state index in [-0.39, 0.29) is 12.9 Å². The highest BCUT2D eigenvalue weighted by atomic mass is 16.7. The first-order valence-electron chi connectivity index (χ1n) is 6.21. The molecular weight excluding hydrogens is 232 g/mol. The molecule has 0 amide bonds. The Morgan fingerprint density at radius 2 is 2.17 bits per heavy atom. The van der Waals surface area contributed by atoms with Crippen LogP contribution in [0.2, 0.25) is 0 Å². The zero-order valence-corrected chi connectivity index (χ0v) is 10.7. The highest BCUT2D eigenvalue weighted by Gasteiger charge is 2.40. The average molecular weight is 252 g/mol. The molecule has 4 nitrogen and oxygen atoms in total. The third kappa shape index (κ3) is 3.29. The van der Waals surface area contributed by atoms with Crippen LogP contribution in [-0.2, 0) is 20.8 Å². The Bertz CT molecular complexity index is 354. The van der Waals surface area contributed by atoms with Crippen LogP contribution in [-0.4, -0.2) is 37.3 Å². The summed E-state index contributed by atoms with van der Waals surface area (Å²) in [5.41, 5.74) is 0.516. The number of rotatable bonds is 6. The van der Waals surface area contributed by atoms with Gasteiger partial charge < -0.3 is 19.3 Å². The molecule has 0 spiro atoms. The summed E-state index contributed by atoms with van der Waals surface area (Å²) in [6.07, 6.45) is 1.33. The molecule has 0 radical (unpaired) electrons. The van der Waals surface area contributed by atoms with Gasteiger partial charge in [-0.1, -0.05) is 30.3 Å². The summed E-state index contributed by atoms with van der Waals surface area (Å²) in [6, 6.07) is 9.96. The van der Waals surface area contributed by atoms with E-state index >= 15 is 0 Å². The second-order valence-corrected chi connectivity index (χ2v) is 4.64. The van der Waals surface area contributed by atoms with Crippen LogP contribution in [0, 0.1) is 0 Å². The standard InChI is InChI=1S/C14H20O4/c1-16-13-7-8-14(10-15,18-13)11-17-9-12-5-3-2-4-6-12/h2-6,13,15H,7-11H2,1H3/t13-,14+/m1/s1. The van der Waals surface area contributed by atoms with Gasteiger partial charge in [-0.05, 0) is 12.0 Å². The largest absolute Gasteiger partial charge is 0.393 e. The number of aliphatic hydroxyl groups excluding tert-OH is 1. The molecule has 1 aliphatic rings.